The molecule has 0 spiro atoms. The van der Waals surface area contributed by atoms with E-state index in [1.807, 2.05) is 5.38 Å². The van der Waals surface area contributed by atoms with Crippen molar-refractivity contribution >= 4 is 33.2 Å². The average Bonchev–Trinajstić information content (AvgIpc) is 2.87. The number of aryl methyl sites for hydroxylation is 1. The van der Waals surface area contributed by atoms with Crippen LogP contribution in [-0.4, -0.2) is 19.0 Å². The molecular formula is C15H16BrFN2OS. The zero-order valence-corrected chi connectivity index (χ0v) is 14.0. The van der Waals surface area contributed by atoms with Crippen molar-refractivity contribution in [3.63, 3.8) is 0 Å². The molecule has 0 saturated carbocycles. The van der Waals surface area contributed by atoms with Crippen molar-refractivity contribution in [2.24, 2.45) is 0 Å². The van der Waals surface area contributed by atoms with Crippen LogP contribution in [0.3, 0.4) is 0 Å². The molecule has 0 aliphatic rings. The summed E-state index contributed by atoms with van der Waals surface area (Å²) in [6, 6.07) is 6.56. The Morgan fingerprint density at radius 1 is 1.33 bits per heavy atom. The third-order valence-corrected chi connectivity index (χ3v) is 4.64. The fourth-order valence-corrected chi connectivity index (χ4v) is 3.18. The second-order valence-corrected chi connectivity index (χ2v) is 6.54. The first-order valence-electron chi connectivity index (χ1n) is 6.54. The maximum Gasteiger partial charge on any atom is 0.251 e. The Morgan fingerprint density at radius 2 is 2.14 bits per heavy atom. The van der Waals surface area contributed by atoms with E-state index in [1.54, 1.807) is 30.4 Å². The largest absolute Gasteiger partial charge is 0.351 e. The molecule has 0 bridgehead atoms. The van der Waals surface area contributed by atoms with Crippen molar-refractivity contribution in [3.8, 4) is 0 Å². The highest BCUT2D eigenvalue weighted by atomic mass is 79.9. The van der Waals surface area contributed by atoms with E-state index in [9.17, 15) is 9.18 Å². The number of amides is 1. The molecule has 2 aromatic rings. The van der Waals surface area contributed by atoms with E-state index in [0.717, 1.165) is 11.0 Å². The van der Waals surface area contributed by atoms with Crippen molar-refractivity contribution < 1.29 is 9.18 Å². The van der Waals surface area contributed by atoms with Crippen molar-refractivity contribution in [2.75, 3.05) is 13.1 Å². The molecular weight excluding hydrogens is 355 g/mol. The number of nitrogens with one attached hydrogen (secondary N) is 2. The number of benzene rings is 1. The number of carbonyl (C=O) groups is 1. The van der Waals surface area contributed by atoms with Crippen LogP contribution >= 0.6 is 27.3 Å². The van der Waals surface area contributed by atoms with Gasteiger partial charge in [-0.25, -0.2) is 4.39 Å². The minimum absolute atomic E-state index is 0.255. The maximum absolute atomic E-state index is 13.4. The Balaban J connectivity index is 1.70. The topological polar surface area (TPSA) is 41.1 Å². The van der Waals surface area contributed by atoms with Crippen molar-refractivity contribution in [3.05, 3.63) is 55.9 Å². The summed E-state index contributed by atoms with van der Waals surface area (Å²) in [5.41, 5.74) is 0.885. The molecule has 1 amide bonds. The van der Waals surface area contributed by atoms with E-state index in [4.69, 9.17) is 0 Å². The molecule has 0 saturated heterocycles. The lowest BCUT2D eigenvalue weighted by Crippen LogP contribution is -2.31. The monoisotopic (exact) mass is 370 g/mol. The third kappa shape index (κ3) is 4.91. The van der Waals surface area contributed by atoms with Gasteiger partial charge in [-0.15, -0.1) is 11.3 Å². The SMILES string of the molecule is Cc1ccc(C(=O)NCCNCc2cc(Br)cs2)cc1F. The second kappa shape index (κ2) is 7.68. The zero-order chi connectivity index (χ0) is 15.2. The summed E-state index contributed by atoms with van der Waals surface area (Å²) in [6.07, 6.45) is 0. The number of hydrogen-bond acceptors (Lipinski definition) is 3. The van der Waals surface area contributed by atoms with Gasteiger partial charge in [0.1, 0.15) is 5.82 Å². The molecule has 3 nitrogen and oxygen atoms in total. The fourth-order valence-electron chi connectivity index (χ4n) is 1.76. The Bertz CT molecular complexity index is 630. The normalized spacial score (nSPS) is 10.6. The molecule has 0 radical (unpaired) electrons. The first-order valence-corrected chi connectivity index (χ1v) is 8.21. The number of halogens is 2. The molecule has 0 aliphatic heterocycles. The third-order valence-electron chi connectivity index (χ3n) is 2.94. The maximum atomic E-state index is 13.4. The average molecular weight is 371 g/mol. The van der Waals surface area contributed by atoms with Crippen molar-refractivity contribution in [2.45, 2.75) is 13.5 Å². The smallest absolute Gasteiger partial charge is 0.251 e. The van der Waals surface area contributed by atoms with Crippen LogP contribution in [0.4, 0.5) is 4.39 Å². The Labute approximate surface area is 135 Å². The summed E-state index contributed by atoms with van der Waals surface area (Å²) in [5.74, 6) is -0.612. The number of carbonyl (C=O) groups excluding carboxylic acids is 1. The van der Waals surface area contributed by atoms with E-state index in [2.05, 4.69) is 32.6 Å². The van der Waals surface area contributed by atoms with E-state index in [0.29, 0.717) is 24.2 Å². The first kappa shape index (κ1) is 16.1. The van der Waals surface area contributed by atoms with E-state index in [1.165, 1.54) is 10.9 Å². The minimum Gasteiger partial charge on any atom is -0.351 e. The number of hydrogen-bond donors (Lipinski definition) is 2. The summed E-state index contributed by atoms with van der Waals surface area (Å²) in [7, 11) is 0. The van der Waals surface area contributed by atoms with Gasteiger partial charge in [0.15, 0.2) is 0 Å². The van der Waals surface area contributed by atoms with Crippen molar-refractivity contribution in [1.82, 2.24) is 10.6 Å². The Morgan fingerprint density at radius 3 is 2.81 bits per heavy atom. The minimum atomic E-state index is -0.357. The van der Waals surface area contributed by atoms with Crippen LogP contribution in [0.1, 0.15) is 20.8 Å². The van der Waals surface area contributed by atoms with Gasteiger partial charge in [0.25, 0.3) is 5.91 Å². The first-order chi connectivity index (χ1) is 10.1. The lowest BCUT2D eigenvalue weighted by Gasteiger charge is -2.07. The highest BCUT2D eigenvalue weighted by Crippen LogP contribution is 2.19. The van der Waals surface area contributed by atoms with Crippen LogP contribution in [0, 0.1) is 12.7 Å². The molecule has 1 heterocycles. The van der Waals surface area contributed by atoms with Crippen LogP contribution in [0.15, 0.2) is 34.1 Å². The molecule has 0 aliphatic carbocycles. The van der Waals surface area contributed by atoms with E-state index < -0.39 is 0 Å². The Hall–Kier alpha value is -1.24. The summed E-state index contributed by atoms with van der Waals surface area (Å²) in [4.78, 5) is 13.1. The molecule has 1 aromatic heterocycles. The highest BCUT2D eigenvalue weighted by molar-refractivity contribution is 9.10. The number of rotatable bonds is 6. The van der Waals surface area contributed by atoms with Gasteiger partial charge in [0.05, 0.1) is 0 Å². The van der Waals surface area contributed by atoms with Gasteiger partial charge < -0.3 is 10.6 Å². The molecule has 0 atom stereocenters. The van der Waals surface area contributed by atoms with Gasteiger partial charge in [0, 0.05) is 39.9 Å². The molecule has 112 valence electrons. The summed E-state index contributed by atoms with van der Waals surface area (Å²) >= 11 is 5.08. The predicted molar refractivity (Wildman–Crippen MR) is 87.2 cm³/mol. The van der Waals surface area contributed by atoms with E-state index >= 15 is 0 Å². The molecule has 6 heteroatoms. The molecule has 21 heavy (non-hydrogen) atoms. The van der Waals surface area contributed by atoms with Crippen molar-refractivity contribution in [1.29, 1.82) is 0 Å². The molecule has 0 unspecified atom stereocenters. The quantitative estimate of drug-likeness (QED) is 0.764. The van der Waals surface area contributed by atoms with Gasteiger partial charge in [0.2, 0.25) is 0 Å². The summed E-state index contributed by atoms with van der Waals surface area (Å²) in [6.45, 7) is 3.60. The number of thiophene rings is 1. The van der Waals surface area contributed by atoms with Gasteiger partial charge in [-0.3, -0.25) is 4.79 Å². The van der Waals surface area contributed by atoms with Crippen LogP contribution in [0.2, 0.25) is 0 Å². The van der Waals surface area contributed by atoms with Gasteiger partial charge in [-0.1, -0.05) is 6.07 Å². The van der Waals surface area contributed by atoms with Gasteiger partial charge >= 0.3 is 0 Å². The van der Waals surface area contributed by atoms with Crippen LogP contribution in [0.25, 0.3) is 0 Å². The molecule has 2 N–H and O–H groups in total. The highest BCUT2D eigenvalue weighted by Gasteiger charge is 2.07. The second-order valence-electron chi connectivity index (χ2n) is 4.63. The zero-order valence-electron chi connectivity index (χ0n) is 11.6. The molecule has 2 rings (SSSR count). The van der Waals surface area contributed by atoms with Crippen LogP contribution in [-0.2, 0) is 6.54 Å². The molecule has 0 fully saturated rings. The van der Waals surface area contributed by atoms with E-state index in [-0.39, 0.29) is 11.7 Å². The Kier molecular flexibility index (Phi) is 5.90. The van der Waals surface area contributed by atoms with Crippen LogP contribution < -0.4 is 10.6 Å². The summed E-state index contributed by atoms with van der Waals surface area (Å²) < 4.78 is 14.5. The van der Waals surface area contributed by atoms with Gasteiger partial charge in [-0.2, -0.15) is 0 Å². The fraction of sp³-hybridized carbons (Fsp3) is 0.267. The standard InChI is InChI=1S/C15H16BrFN2OS/c1-10-2-3-11(6-14(10)17)15(20)19-5-4-18-8-13-7-12(16)9-21-13/h2-3,6-7,9,18H,4-5,8H2,1H3,(H,19,20). The summed E-state index contributed by atoms with van der Waals surface area (Å²) in [5, 5.41) is 8.04. The lowest BCUT2D eigenvalue weighted by molar-refractivity contribution is 0.0953. The predicted octanol–water partition coefficient (Wildman–Crippen LogP) is 3.48. The molecule has 1 aromatic carbocycles. The lowest BCUT2D eigenvalue weighted by atomic mass is 10.1. The van der Waals surface area contributed by atoms with Crippen LogP contribution in [0.5, 0.6) is 0 Å². The van der Waals surface area contributed by atoms with Gasteiger partial charge in [-0.05, 0) is 46.6 Å².